The summed E-state index contributed by atoms with van der Waals surface area (Å²) in [7, 11) is 1.84. The van der Waals surface area contributed by atoms with E-state index in [1.165, 1.54) is 25.8 Å². The average molecular weight is 254 g/mol. The molecule has 0 amide bonds. The predicted octanol–water partition coefficient (Wildman–Crippen LogP) is 1.40. The Morgan fingerprint density at radius 2 is 2.28 bits per heavy atom. The average Bonchev–Trinajstić information content (AvgIpc) is 2.98. The molecule has 104 valence electrons. The Bertz CT molecular complexity index is 308. The van der Waals surface area contributed by atoms with E-state index in [1.54, 1.807) is 0 Å². The SMILES string of the molecule is CCOC(=O)C(C)(CCN1CC2CCC1C2)NC. The number of fused-ring (bicyclic) bond motifs is 2. The van der Waals surface area contributed by atoms with Gasteiger partial charge in [0.25, 0.3) is 0 Å². The minimum absolute atomic E-state index is 0.128. The van der Waals surface area contributed by atoms with Crippen LogP contribution in [0.4, 0.5) is 0 Å². The van der Waals surface area contributed by atoms with E-state index in [2.05, 4.69) is 10.2 Å². The minimum Gasteiger partial charge on any atom is -0.465 e. The predicted molar refractivity (Wildman–Crippen MR) is 71.4 cm³/mol. The van der Waals surface area contributed by atoms with Crippen molar-refractivity contribution in [2.75, 3.05) is 26.7 Å². The van der Waals surface area contributed by atoms with Crippen LogP contribution in [0.3, 0.4) is 0 Å². The van der Waals surface area contributed by atoms with E-state index in [9.17, 15) is 4.79 Å². The van der Waals surface area contributed by atoms with Crippen LogP contribution in [0.5, 0.6) is 0 Å². The van der Waals surface area contributed by atoms with Gasteiger partial charge in [-0.2, -0.15) is 0 Å². The molecule has 18 heavy (non-hydrogen) atoms. The largest absolute Gasteiger partial charge is 0.465 e. The van der Waals surface area contributed by atoms with Crippen molar-refractivity contribution >= 4 is 5.97 Å². The number of likely N-dealkylation sites (tertiary alicyclic amines) is 1. The lowest BCUT2D eigenvalue weighted by Crippen LogP contribution is -2.51. The zero-order valence-electron chi connectivity index (χ0n) is 11.9. The minimum atomic E-state index is -0.544. The molecule has 2 aliphatic rings. The molecule has 0 radical (unpaired) electrons. The Morgan fingerprint density at radius 1 is 1.50 bits per heavy atom. The quantitative estimate of drug-likeness (QED) is 0.728. The number of piperidine rings is 1. The maximum atomic E-state index is 12.0. The third kappa shape index (κ3) is 2.69. The number of rotatable bonds is 6. The fourth-order valence-electron chi connectivity index (χ4n) is 3.29. The Morgan fingerprint density at radius 3 is 2.78 bits per heavy atom. The Hall–Kier alpha value is -0.610. The number of esters is 1. The third-order valence-electron chi connectivity index (χ3n) is 4.70. The van der Waals surface area contributed by atoms with Crippen molar-refractivity contribution in [3.8, 4) is 0 Å². The van der Waals surface area contributed by atoms with Gasteiger partial charge >= 0.3 is 5.97 Å². The van der Waals surface area contributed by atoms with Crippen molar-refractivity contribution in [3.63, 3.8) is 0 Å². The second-order valence-corrected chi connectivity index (χ2v) is 5.88. The Kier molecular flexibility index (Phi) is 4.28. The number of nitrogens with zero attached hydrogens (tertiary/aromatic N) is 1. The molecule has 3 unspecified atom stereocenters. The molecule has 0 spiro atoms. The van der Waals surface area contributed by atoms with Gasteiger partial charge in [-0.3, -0.25) is 4.79 Å². The summed E-state index contributed by atoms with van der Waals surface area (Å²) in [4.78, 5) is 14.5. The zero-order chi connectivity index (χ0) is 13.2. The molecule has 2 bridgehead atoms. The van der Waals surface area contributed by atoms with Gasteiger partial charge in [-0.15, -0.1) is 0 Å². The molecule has 1 saturated carbocycles. The van der Waals surface area contributed by atoms with E-state index in [0.29, 0.717) is 6.61 Å². The fourth-order valence-corrected chi connectivity index (χ4v) is 3.29. The standard InChI is InChI=1S/C14H26N2O2/c1-4-18-13(17)14(2,15-3)7-8-16-10-11-5-6-12(16)9-11/h11-12,15H,4-10H2,1-3H3. The van der Waals surface area contributed by atoms with Crippen molar-refractivity contribution in [1.82, 2.24) is 10.2 Å². The summed E-state index contributed by atoms with van der Waals surface area (Å²) in [5.41, 5.74) is -0.544. The Labute approximate surface area is 110 Å². The maximum absolute atomic E-state index is 12.0. The molecule has 4 heteroatoms. The van der Waals surface area contributed by atoms with Crippen LogP contribution in [0.1, 0.15) is 39.5 Å². The van der Waals surface area contributed by atoms with Crippen LogP contribution in [0.15, 0.2) is 0 Å². The van der Waals surface area contributed by atoms with Gasteiger partial charge in [0, 0.05) is 19.1 Å². The molecule has 2 fully saturated rings. The van der Waals surface area contributed by atoms with Crippen molar-refractivity contribution < 1.29 is 9.53 Å². The first-order valence-electron chi connectivity index (χ1n) is 7.19. The summed E-state index contributed by atoms with van der Waals surface area (Å²) in [6, 6.07) is 0.776. The van der Waals surface area contributed by atoms with Crippen molar-refractivity contribution in [2.45, 2.75) is 51.1 Å². The van der Waals surface area contributed by atoms with Crippen LogP contribution in [0.25, 0.3) is 0 Å². The van der Waals surface area contributed by atoms with Gasteiger partial charge in [-0.05, 0) is 52.5 Å². The second-order valence-electron chi connectivity index (χ2n) is 5.88. The van der Waals surface area contributed by atoms with Crippen LogP contribution in [0.2, 0.25) is 0 Å². The number of hydrogen-bond acceptors (Lipinski definition) is 4. The highest BCUT2D eigenvalue weighted by molar-refractivity contribution is 5.80. The van der Waals surface area contributed by atoms with E-state index >= 15 is 0 Å². The number of carbonyl (C=O) groups is 1. The van der Waals surface area contributed by atoms with Crippen molar-refractivity contribution in [3.05, 3.63) is 0 Å². The molecular formula is C14H26N2O2. The normalized spacial score (nSPS) is 30.4. The monoisotopic (exact) mass is 254 g/mol. The van der Waals surface area contributed by atoms with Gasteiger partial charge in [0.2, 0.25) is 0 Å². The fraction of sp³-hybridized carbons (Fsp3) is 0.929. The van der Waals surface area contributed by atoms with Crippen LogP contribution in [-0.2, 0) is 9.53 Å². The van der Waals surface area contributed by atoms with E-state index in [1.807, 2.05) is 20.9 Å². The summed E-state index contributed by atoms with van der Waals surface area (Å²) in [5.74, 6) is 0.787. The van der Waals surface area contributed by atoms with Gasteiger partial charge < -0.3 is 15.0 Å². The van der Waals surface area contributed by atoms with Gasteiger partial charge in [0.05, 0.1) is 6.61 Å². The van der Waals surface area contributed by atoms with Crippen LogP contribution in [0, 0.1) is 5.92 Å². The molecule has 1 aliphatic heterocycles. The molecule has 0 aromatic heterocycles. The van der Waals surface area contributed by atoms with E-state index in [0.717, 1.165) is 24.9 Å². The van der Waals surface area contributed by atoms with Gasteiger partial charge in [0.1, 0.15) is 5.54 Å². The Balaban J connectivity index is 1.85. The maximum Gasteiger partial charge on any atom is 0.326 e. The number of nitrogens with one attached hydrogen (secondary N) is 1. The highest BCUT2D eigenvalue weighted by Crippen LogP contribution is 2.37. The molecule has 1 N–H and O–H groups in total. The summed E-state index contributed by atoms with van der Waals surface area (Å²) in [6.07, 6.45) is 4.95. The molecule has 0 aromatic rings. The van der Waals surface area contributed by atoms with Crippen LogP contribution in [-0.4, -0.2) is 49.2 Å². The van der Waals surface area contributed by atoms with E-state index < -0.39 is 5.54 Å². The first kappa shape index (κ1) is 13.8. The molecule has 0 aromatic carbocycles. The van der Waals surface area contributed by atoms with Crippen molar-refractivity contribution in [2.24, 2.45) is 5.92 Å². The lowest BCUT2D eigenvalue weighted by Gasteiger charge is -2.32. The molecular weight excluding hydrogens is 228 g/mol. The number of hydrogen-bond donors (Lipinski definition) is 1. The number of carbonyl (C=O) groups excluding carboxylic acids is 1. The summed E-state index contributed by atoms with van der Waals surface area (Å²) in [5, 5.41) is 3.13. The lowest BCUT2D eigenvalue weighted by atomic mass is 9.97. The smallest absolute Gasteiger partial charge is 0.326 e. The highest BCUT2D eigenvalue weighted by Gasteiger charge is 2.40. The topological polar surface area (TPSA) is 41.6 Å². The van der Waals surface area contributed by atoms with E-state index in [-0.39, 0.29) is 5.97 Å². The van der Waals surface area contributed by atoms with Gasteiger partial charge in [-0.1, -0.05) is 0 Å². The van der Waals surface area contributed by atoms with Gasteiger partial charge in [-0.25, -0.2) is 0 Å². The molecule has 3 atom stereocenters. The van der Waals surface area contributed by atoms with E-state index in [4.69, 9.17) is 4.74 Å². The zero-order valence-corrected chi connectivity index (χ0v) is 11.9. The summed E-state index contributed by atoms with van der Waals surface area (Å²) < 4.78 is 5.16. The second kappa shape index (κ2) is 5.57. The molecule has 1 heterocycles. The first-order chi connectivity index (χ1) is 8.59. The molecule has 4 nitrogen and oxygen atoms in total. The van der Waals surface area contributed by atoms with Crippen molar-refractivity contribution in [1.29, 1.82) is 0 Å². The summed E-state index contributed by atoms with van der Waals surface area (Å²) >= 11 is 0. The van der Waals surface area contributed by atoms with Crippen LogP contribution >= 0.6 is 0 Å². The molecule has 1 saturated heterocycles. The highest BCUT2D eigenvalue weighted by atomic mass is 16.5. The third-order valence-corrected chi connectivity index (χ3v) is 4.70. The molecule has 1 aliphatic carbocycles. The number of likely N-dealkylation sites (N-methyl/N-ethyl adjacent to an activating group) is 1. The molecule has 2 rings (SSSR count). The van der Waals surface area contributed by atoms with Gasteiger partial charge in [0.15, 0.2) is 0 Å². The van der Waals surface area contributed by atoms with Crippen LogP contribution < -0.4 is 5.32 Å². The first-order valence-corrected chi connectivity index (χ1v) is 7.19. The lowest BCUT2D eigenvalue weighted by molar-refractivity contribution is -0.150. The summed E-state index contributed by atoms with van der Waals surface area (Å²) in [6.45, 7) is 6.47. The number of ether oxygens (including phenoxy) is 1.